The van der Waals surface area contributed by atoms with Crippen LogP contribution in [0.15, 0.2) is 60.7 Å². The molecule has 28 heavy (non-hydrogen) atoms. The van der Waals surface area contributed by atoms with Crippen LogP contribution in [0.2, 0.25) is 0 Å². The Morgan fingerprint density at radius 1 is 0.964 bits per heavy atom. The highest BCUT2D eigenvalue weighted by molar-refractivity contribution is 6.22. The monoisotopic (exact) mass is 374 g/mol. The molecule has 1 N–H and O–H groups in total. The van der Waals surface area contributed by atoms with E-state index in [-0.39, 0.29) is 29.6 Å². The minimum absolute atomic E-state index is 0.145. The molecule has 2 aromatic rings. The summed E-state index contributed by atoms with van der Waals surface area (Å²) in [6.07, 6.45) is 5.99. The smallest absolute Gasteiger partial charge is 0.255 e. The molecule has 0 spiro atoms. The minimum Gasteiger partial charge on any atom is -0.322 e. The molecular formula is C23H22N2O3. The summed E-state index contributed by atoms with van der Waals surface area (Å²) in [5, 5.41) is 2.93. The van der Waals surface area contributed by atoms with Crippen molar-refractivity contribution in [2.45, 2.75) is 26.2 Å². The second kappa shape index (κ2) is 7.43. The van der Waals surface area contributed by atoms with Crippen LogP contribution in [0.1, 0.15) is 35.7 Å². The van der Waals surface area contributed by atoms with Gasteiger partial charge in [0.2, 0.25) is 11.8 Å². The number of anilines is 2. The molecule has 2 aromatic carbocycles. The third-order valence-electron chi connectivity index (χ3n) is 5.54. The van der Waals surface area contributed by atoms with Crippen molar-refractivity contribution in [3.05, 3.63) is 71.8 Å². The number of rotatable bonds is 4. The number of nitrogens with zero attached hydrogens (tertiary/aromatic N) is 1. The molecule has 1 aliphatic heterocycles. The van der Waals surface area contributed by atoms with E-state index in [2.05, 4.69) is 5.32 Å². The van der Waals surface area contributed by atoms with Gasteiger partial charge >= 0.3 is 0 Å². The van der Waals surface area contributed by atoms with Gasteiger partial charge in [0, 0.05) is 11.3 Å². The highest BCUT2D eigenvalue weighted by Gasteiger charge is 2.47. The fraction of sp³-hybridized carbons (Fsp3) is 0.261. The Morgan fingerprint density at radius 2 is 1.57 bits per heavy atom. The number of allylic oxidation sites excluding steroid dienone is 2. The van der Waals surface area contributed by atoms with Gasteiger partial charge in [-0.2, -0.15) is 0 Å². The number of nitrogens with one attached hydrogen (secondary N) is 1. The van der Waals surface area contributed by atoms with Crippen LogP contribution in [0.25, 0.3) is 0 Å². The summed E-state index contributed by atoms with van der Waals surface area (Å²) >= 11 is 0. The van der Waals surface area contributed by atoms with Crippen LogP contribution in [-0.2, 0) is 16.0 Å². The number of imide groups is 1. The number of carbonyl (C=O) groups is 3. The Balaban J connectivity index is 1.52. The molecule has 0 aromatic heterocycles. The predicted molar refractivity (Wildman–Crippen MR) is 108 cm³/mol. The van der Waals surface area contributed by atoms with Crippen LogP contribution >= 0.6 is 0 Å². The third kappa shape index (κ3) is 3.13. The van der Waals surface area contributed by atoms with E-state index in [1.165, 1.54) is 4.90 Å². The van der Waals surface area contributed by atoms with E-state index >= 15 is 0 Å². The standard InChI is InChI=1S/C23H22N2O3/c1-2-15-7-3-6-10-20(15)24-21(26)16-11-13-17(14-12-16)25-22(27)18-8-4-5-9-19(18)23(25)28/h3-7,10-14,18-19H,2,8-9H2,1H3,(H,24,26)/t18-,19-/m1/s1. The average molecular weight is 374 g/mol. The third-order valence-corrected chi connectivity index (χ3v) is 5.54. The van der Waals surface area contributed by atoms with Crippen LogP contribution in [0.3, 0.4) is 0 Å². The summed E-state index contributed by atoms with van der Waals surface area (Å²) in [4.78, 5) is 39.2. The van der Waals surface area contributed by atoms with Crippen molar-refractivity contribution in [3.8, 4) is 0 Å². The molecule has 2 aliphatic rings. The van der Waals surface area contributed by atoms with E-state index < -0.39 is 0 Å². The molecule has 0 radical (unpaired) electrons. The van der Waals surface area contributed by atoms with E-state index in [0.717, 1.165) is 17.7 Å². The molecule has 1 saturated heterocycles. The normalized spacial score (nSPS) is 21.0. The Kier molecular flexibility index (Phi) is 4.82. The lowest BCUT2D eigenvalue weighted by Gasteiger charge is -2.15. The number of hydrogen-bond acceptors (Lipinski definition) is 3. The molecule has 0 bridgehead atoms. The number of benzene rings is 2. The van der Waals surface area contributed by atoms with Gasteiger partial charge in [-0.25, -0.2) is 0 Å². The van der Waals surface area contributed by atoms with E-state index in [1.54, 1.807) is 24.3 Å². The van der Waals surface area contributed by atoms with Gasteiger partial charge in [0.15, 0.2) is 0 Å². The number of fused-ring (bicyclic) bond motifs is 1. The zero-order valence-corrected chi connectivity index (χ0v) is 15.7. The topological polar surface area (TPSA) is 66.5 Å². The van der Waals surface area contributed by atoms with Crippen molar-refractivity contribution < 1.29 is 14.4 Å². The zero-order valence-electron chi connectivity index (χ0n) is 15.7. The molecule has 5 nitrogen and oxygen atoms in total. The number of para-hydroxylation sites is 1. The van der Waals surface area contributed by atoms with Crippen molar-refractivity contribution in [1.29, 1.82) is 0 Å². The van der Waals surface area contributed by atoms with Crippen molar-refractivity contribution in [3.63, 3.8) is 0 Å². The SMILES string of the molecule is CCc1ccccc1NC(=O)c1ccc(N2C(=O)[C@@H]3CC=CC[C@H]3C2=O)cc1. The molecule has 2 atom stereocenters. The quantitative estimate of drug-likeness (QED) is 0.651. The van der Waals surface area contributed by atoms with Crippen LogP contribution in [0, 0.1) is 11.8 Å². The molecule has 142 valence electrons. The van der Waals surface area contributed by atoms with Gasteiger partial charge in [-0.05, 0) is 55.2 Å². The Morgan fingerprint density at radius 3 is 2.18 bits per heavy atom. The van der Waals surface area contributed by atoms with Crippen molar-refractivity contribution >= 4 is 29.1 Å². The van der Waals surface area contributed by atoms with Crippen molar-refractivity contribution in [2.24, 2.45) is 11.8 Å². The maximum atomic E-state index is 12.7. The first-order valence-electron chi connectivity index (χ1n) is 9.62. The lowest BCUT2D eigenvalue weighted by Crippen LogP contribution is -2.30. The molecule has 5 heteroatoms. The van der Waals surface area contributed by atoms with Gasteiger partial charge in [-0.3, -0.25) is 19.3 Å². The van der Waals surface area contributed by atoms with Crippen LogP contribution < -0.4 is 10.2 Å². The molecule has 1 aliphatic carbocycles. The van der Waals surface area contributed by atoms with Crippen molar-refractivity contribution in [2.75, 3.05) is 10.2 Å². The van der Waals surface area contributed by atoms with E-state index in [4.69, 9.17) is 0 Å². The summed E-state index contributed by atoms with van der Waals surface area (Å²) in [6, 6.07) is 14.3. The minimum atomic E-state index is -0.258. The maximum Gasteiger partial charge on any atom is 0.255 e. The number of aryl methyl sites for hydroxylation is 1. The molecule has 0 unspecified atom stereocenters. The zero-order chi connectivity index (χ0) is 19.7. The summed E-state index contributed by atoms with van der Waals surface area (Å²) in [5.74, 6) is -1.02. The van der Waals surface area contributed by atoms with E-state index in [1.807, 2.05) is 43.3 Å². The van der Waals surface area contributed by atoms with Gasteiger partial charge in [-0.15, -0.1) is 0 Å². The number of amides is 3. The largest absolute Gasteiger partial charge is 0.322 e. The highest BCUT2D eigenvalue weighted by atomic mass is 16.2. The van der Waals surface area contributed by atoms with Gasteiger partial charge in [0.1, 0.15) is 0 Å². The first kappa shape index (κ1) is 18.2. The van der Waals surface area contributed by atoms with Gasteiger partial charge in [0.05, 0.1) is 17.5 Å². The molecule has 3 amide bonds. The van der Waals surface area contributed by atoms with Crippen LogP contribution in [0.4, 0.5) is 11.4 Å². The molecule has 4 rings (SSSR count). The first-order chi connectivity index (χ1) is 13.6. The fourth-order valence-electron chi connectivity index (χ4n) is 3.96. The average Bonchev–Trinajstić information content (AvgIpc) is 2.99. The summed E-state index contributed by atoms with van der Waals surface area (Å²) in [5.41, 5.74) is 2.86. The van der Waals surface area contributed by atoms with Gasteiger partial charge in [-0.1, -0.05) is 37.3 Å². The van der Waals surface area contributed by atoms with Crippen molar-refractivity contribution in [1.82, 2.24) is 0 Å². The lowest BCUT2D eigenvalue weighted by atomic mass is 9.85. The predicted octanol–water partition coefficient (Wildman–Crippen LogP) is 3.96. The van der Waals surface area contributed by atoms with E-state index in [9.17, 15) is 14.4 Å². The number of hydrogen-bond donors (Lipinski definition) is 1. The second-order valence-electron chi connectivity index (χ2n) is 7.18. The Hall–Kier alpha value is -3.21. The lowest BCUT2D eigenvalue weighted by molar-refractivity contribution is -0.122. The number of carbonyl (C=O) groups excluding carboxylic acids is 3. The summed E-state index contributed by atoms with van der Waals surface area (Å²) in [6.45, 7) is 2.04. The van der Waals surface area contributed by atoms with Crippen LogP contribution in [0.5, 0.6) is 0 Å². The fourth-order valence-corrected chi connectivity index (χ4v) is 3.96. The van der Waals surface area contributed by atoms with E-state index in [0.29, 0.717) is 24.1 Å². The molecule has 1 heterocycles. The van der Waals surface area contributed by atoms with Gasteiger partial charge < -0.3 is 5.32 Å². The van der Waals surface area contributed by atoms with Crippen LogP contribution in [-0.4, -0.2) is 17.7 Å². The first-order valence-corrected chi connectivity index (χ1v) is 9.62. The second-order valence-corrected chi connectivity index (χ2v) is 7.18. The highest BCUT2D eigenvalue weighted by Crippen LogP contribution is 2.37. The van der Waals surface area contributed by atoms with Gasteiger partial charge in [0.25, 0.3) is 5.91 Å². The summed E-state index contributed by atoms with van der Waals surface area (Å²) < 4.78 is 0. The Labute approximate surface area is 164 Å². The molecule has 1 fully saturated rings. The molecular weight excluding hydrogens is 352 g/mol. The Bertz CT molecular complexity index is 936. The maximum absolute atomic E-state index is 12.7. The summed E-state index contributed by atoms with van der Waals surface area (Å²) in [7, 11) is 0. The molecule has 0 saturated carbocycles.